The van der Waals surface area contributed by atoms with Crippen LogP contribution in [0.2, 0.25) is 0 Å². The maximum Gasteiger partial charge on any atom is 0.153 e. The summed E-state index contributed by atoms with van der Waals surface area (Å²) in [5.41, 5.74) is 0.867. The average Bonchev–Trinajstić information content (AvgIpc) is 2.92. The van der Waals surface area contributed by atoms with Crippen molar-refractivity contribution in [2.45, 2.75) is 49.8 Å². The zero-order chi connectivity index (χ0) is 13.5. The summed E-state index contributed by atoms with van der Waals surface area (Å²) in [4.78, 5) is 4.57. The fourth-order valence-electron chi connectivity index (χ4n) is 3.22. The summed E-state index contributed by atoms with van der Waals surface area (Å²) in [6.07, 6.45) is 6.95. The lowest BCUT2D eigenvalue weighted by Crippen LogP contribution is -2.20. The lowest BCUT2D eigenvalue weighted by Gasteiger charge is -2.22. The number of sulfone groups is 1. The van der Waals surface area contributed by atoms with E-state index in [1.165, 1.54) is 0 Å². The van der Waals surface area contributed by atoms with Crippen LogP contribution in [0.5, 0.6) is 0 Å². The molecular formula is C13H20N2O3S. The first-order chi connectivity index (χ1) is 9.10. The molecule has 19 heavy (non-hydrogen) atoms. The van der Waals surface area contributed by atoms with Gasteiger partial charge in [-0.25, -0.2) is 13.4 Å². The lowest BCUT2D eigenvalue weighted by atomic mass is 10.1. The summed E-state index contributed by atoms with van der Waals surface area (Å²) in [5.74, 6) is 1.32. The van der Waals surface area contributed by atoms with E-state index in [2.05, 4.69) is 4.98 Å². The van der Waals surface area contributed by atoms with Gasteiger partial charge < -0.3 is 9.67 Å². The molecule has 5 nitrogen and oxygen atoms in total. The molecule has 1 aromatic heterocycles. The van der Waals surface area contributed by atoms with Crippen molar-refractivity contribution in [3.8, 4) is 0 Å². The molecule has 3 rings (SSSR count). The van der Waals surface area contributed by atoms with E-state index in [0.717, 1.165) is 43.6 Å². The Bertz CT molecular complexity index is 564. The van der Waals surface area contributed by atoms with Crippen LogP contribution in [-0.4, -0.2) is 40.7 Å². The minimum Gasteiger partial charge on any atom is -0.394 e. The molecule has 1 saturated heterocycles. The number of hydrogen-bond acceptors (Lipinski definition) is 4. The molecule has 0 saturated carbocycles. The fraction of sp³-hybridized carbons (Fsp3) is 0.769. The first-order valence-corrected chi connectivity index (χ1v) is 8.71. The predicted octanol–water partition coefficient (Wildman–Crippen LogP) is 0.872. The third kappa shape index (κ3) is 2.43. The fourth-order valence-corrected chi connectivity index (χ4v) is 5.07. The van der Waals surface area contributed by atoms with Gasteiger partial charge in [-0.2, -0.15) is 0 Å². The Morgan fingerprint density at radius 2 is 2.21 bits per heavy atom. The Balaban J connectivity index is 1.81. The van der Waals surface area contributed by atoms with Crippen molar-refractivity contribution in [1.29, 1.82) is 0 Å². The normalized spacial score (nSPS) is 29.3. The Morgan fingerprint density at radius 1 is 1.37 bits per heavy atom. The third-order valence-electron chi connectivity index (χ3n) is 4.30. The van der Waals surface area contributed by atoms with Gasteiger partial charge in [0.1, 0.15) is 5.82 Å². The van der Waals surface area contributed by atoms with Crippen LogP contribution in [0.15, 0.2) is 6.20 Å². The van der Waals surface area contributed by atoms with Gasteiger partial charge in [0.25, 0.3) is 0 Å². The monoisotopic (exact) mass is 284 g/mol. The second-order valence-electron chi connectivity index (χ2n) is 5.62. The molecule has 2 aliphatic rings. The second kappa shape index (κ2) is 4.90. The number of aliphatic hydroxyl groups excluding tert-OH is 1. The van der Waals surface area contributed by atoms with Gasteiger partial charge in [-0.05, 0) is 25.7 Å². The van der Waals surface area contributed by atoms with E-state index >= 15 is 0 Å². The summed E-state index contributed by atoms with van der Waals surface area (Å²) in [6, 6.07) is 0.116. The molecule has 3 heterocycles. The number of hydrogen-bond donors (Lipinski definition) is 1. The van der Waals surface area contributed by atoms with Gasteiger partial charge in [0, 0.05) is 19.0 Å². The van der Waals surface area contributed by atoms with Crippen molar-refractivity contribution < 1.29 is 13.5 Å². The zero-order valence-corrected chi connectivity index (χ0v) is 11.8. The highest BCUT2D eigenvalue weighted by atomic mass is 32.2. The molecule has 0 radical (unpaired) electrons. The average molecular weight is 284 g/mol. The molecular weight excluding hydrogens is 264 g/mol. The topological polar surface area (TPSA) is 72.2 Å². The molecule has 2 unspecified atom stereocenters. The SMILES string of the molecule is O=S1(=O)CCCC1Cc1cn2c(n1)CCCC2CO. The summed E-state index contributed by atoms with van der Waals surface area (Å²) >= 11 is 0. The van der Waals surface area contributed by atoms with Gasteiger partial charge in [-0.3, -0.25) is 0 Å². The quantitative estimate of drug-likeness (QED) is 0.894. The number of nitrogens with zero attached hydrogens (tertiary/aromatic N) is 2. The van der Waals surface area contributed by atoms with Crippen molar-refractivity contribution in [3.05, 3.63) is 17.7 Å². The van der Waals surface area contributed by atoms with E-state index in [-0.39, 0.29) is 17.9 Å². The Morgan fingerprint density at radius 3 is 2.89 bits per heavy atom. The zero-order valence-electron chi connectivity index (χ0n) is 11.0. The molecule has 0 aliphatic carbocycles. The first-order valence-electron chi connectivity index (χ1n) is 6.99. The highest BCUT2D eigenvalue weighted by molar-refractivity contribution is 7.92. The Labute approximate surface area is 113 Å². The minimum atomic E-state index is -2.90. The van der Waals surface area contributed by atoms with Crippen LogP contribution in [0.1, 0.15) is 43.2 Å². The molecule has 0 spiro atoms. The number of imidazole rings is 1. The number of aromatic nitrogens is 2. The molecule has 0 bridgehead atoms. The predicted molar refractivity (Wildman–Crippen MR) is 71.8 cm³/mol. The Hall–Kier alpha value is -0.880. The van der Waals surface area contributed by atoms with E-state index in [0.29, 0.717) is 12.2 Å². The summed E-state index contributed by atoms with van der Waals surface area (Å²) in [7, 11) is -2.90. The summed E-state index contributed by atoms with van der Waals surface area (Å²) < 4.78 is 25.8. The van der Waals surface area contributed by atoms with Crippen molar-refractivity contribution >= 4 is 9.84 Å². The number of rotatable bonds is 3. The molecule has 1 N–H and O–H groups in total. The summed E-state index contributed by atoms with van der Waals surface area (Å²) in [6.45, 7) is 0.129. The van der Waals surface area contributed by atoms with Crippen LogP contribution in [0.4, 0.5) is 0 Å². The molecule has 0 amide bonds. The van der Waals surface area contributed by atoms with Gasteiger partial charge in [0.2, 0.25) is 0 Å². The molecule has 106 valence electrons. The smallest absolute Gasteiger partial charge is 0.153 e. The maximum absolute atomic E-state index is 11.9. The van der Waals surface area contributed by atoms with Crippen LogP contribution in [0.25, 0.3) is 0 Å². The molecule has 2 aliphatic heterocycles. The van der Waals surface area contributed by atoms with E-state index in [1.54, 1.807) is 0 Å². The summed E-state index contributed by atoms with van der Waals surface area (Å²) in [5, 5.41) is 9.12. The number of aliphatic hydroxyl groups is 1. The van der Waals surface area contributed by atoms with Gasteiger partial charge in [-0.15, -0.1) is 0 Å². The van der Waals surface area contributed by atoms with Crippen LogP contribution in [0, 0.1) is 0 Å². The van der Waals surface area contributed by atoms with E-state index in [9.17, 15) is 13.5 Å². The molecule has 1 aromatic rings. The van der Waals surface area contributed by atoms with E-state index in [1.807, 2.05) is 10.8 Å². The van der Waals surface area contributed by atoms with Crippen molar-refractivity contribution in [2.75, 3.05) is 12.4 Å². The van der Waals surface area contributed by atoms with Crippen molar-refractivity contribution in [1.82, 2.24) is 9.55 Å². The third-order valence-corrected chi connectivity index (χ3v) is 6.58. The maximum atomic E-state index is 11.9. The van der Waals surface area contributed by atoms with Gasteiger partial charge in [-0.1, -0.05) is 0 Å². The van der Waals surface area contributed by atoms with Crippen LogP contribution >= 0.6 is 0 Å². The molecule has 2 atom stereocenters. The highest BCUT2D eigenvalue weighted by Gasteiger charge is 2.32. The van der Waals surface area contributed by atoms with Crippen LogP contribution in [-0.2, 0) is 22.7 Å². The van der Waals surface area contributed by atoms with Gasteiger partial charge in [0.05, 0.1) is 29.3 Å². The molecule has 0 aromatic carbocycles. The highest BCUT2D eigenvalue weighted by Crippen LogP contribution is 2.27. The van der Waals surface area contributed by atoms with Crippen molar-refractivity contribution in [2.24, 2.45) is 0 Å². The van der Waals surface area contributed by atoms with Crippen LogP contribution < -0.4 is 0 Å². The van der Waals surface area contributed by atoms with Gasteiger partial charge >= 0.3 is 0 Å². The van der Waals surface area contributed by atoms with E-state index < -0.39 is 9.84 Å². The van der Waals surface area contributed by atoms with Crippen molar-refractivity contribution in [3.63, 3.8) is 0 Å². The standard InChI is InChI=1S/C13H20N2O3S/c16-9-11-3-1-5-13-14-10(8-15(11)13)7-12-4-2-6-19(12,17)18/h8,11-12,16H,1-7,9H2. The molecule has 1 fully saturated rings. The first kappa shape index (κ1) is 13.1. The largest absolute Gasteiger partial charge is 0.394 e. The van der Waals surface area contributed by atoms with Gasteiger partial charge in [0.15, 0.2) is 9.84 Å². The number of aryl methyl sites for hydroxylation is 1. The number of fused-ring (bicyclic) bond motifs is 1. The van der Waals surface area contributed by atoms with Crippen LogP contribution in [0.3, 0.4) is 0 Å². The van der Waals surface area contributed by atoms with E-state index in [4.69, 9.17) is 0 Å². The Kier molecular flexibility index (Phi) is 3.39. The minimum absolute atomic E-state index is 0.116. The molecule has 6 heteroatoms. The lowest BCUT2D eigenvalue weighted by molar-refractivity contribution is 0.206. The second-order valence-corrected chi connectivity index (χ2v) is 8.02.